The Labute approximate surface area is 138 Å². The van der Waals surface area contributed by atoms with Crippen molar-refractivity contribution in [3.05, 3.63) is 38.3 Å². The molecule has 0 aliphatic carbocycles. The van der Waals surface area contributed by atoms with E-state index < -0.39 is 11.9 Å². The van der Waals surface area contributed by atoms with Crippen molar-refractivity contribution in [1.82, 2.24) is 9.55 Å². The first-order valence-electron chi connectivity index (χ1n) is 5.53. The molecule has 2 heterocycles. The maximum Gasteiger partial charge on any atom is 0.356 e. The van der Waals surface area contributed by atoms with Crippen LogP contribution in [0.3, 0.4) is 0 Å². The Hall–Kier alpha value is -1.44. The lowest BCUT2D eigenvalue weighted by Crippen LogP contribution is -2.13. The van der Waals surface area contributed by atoms with Crippen molar-refractivity contribution in [3.63, 3.8) is 0 Å². The number of nitrogens with zero attached hydrogens (tertiary/aromatic N) is 1. The van der Waals surface area contributed by atoms with Crippen LogP contribution in [-0.4, -0.2) is 35.7 Å². The highest BCUT2D eigenvalue weighted by Crippen LogP contribution is 2.39. The topological polar surface area (TPSA) is 73.3 Å². The van der Waals surface area contributed by atoms with Crippen molar-refractivity contribution >= 4 is 51.1 Å². The molecule has 0 aliphatic rings. The Balaban J connectivity index is 2.76. The monoisotopic (exact) mass is 394 g/mol. The molecule has 0 saturated heterocycles. The summed E-state index contributed by atoms with van der Waals surface area (Å²) in [4.78, 5) is 26.4. The molecule has 2 aromatic heterocycles. The fourth-order valence-corrected chi connectivity index (χ4v) is 2.89. The fourth-order valence-electron chi connectivity index (χ4n) is 1.81. The molecule has 112 valence electrons. The Kier molecular flexibility index (Phi) is 4.65. The molecule has 9 heteroatoms. The summed E-state index contributed by atoms with van der Waals surface area (Å²) in [6.45, 7) is 0. The number of aromatic amines is 1. The second-order valence-corrected chi connectivity index (χ2v) is 5.35. The number of methoxy groups -OCH3 is 2. The number of carbonyl (C=O) groups excluding carboxylic acids is 2. The smallest absolute Gasteiger partial charge is 0.356 e. The van der Waals surface area contributed by atoms with Gasteiger partial charge in [0, 0.05) is 6.20 Å². The fraction of sp³-hybridized carbons (Fsp3) is 0.167. The van der Waals surface area contributed by atoms with E-state index in [-0.39, 0.29) is 26.0 Å². The summed E-state index contributed by atoms with van der Waals surface area (Å²) in [5, 5.41) is 0.197. The van der Waals surface area contributed by atoms with Gasteiger partial charge in [0.25, 0.3) is 0 Å². The van der Waals surface area contributed by atoms with Crippen molar-refractivity contribution in [2.75, 3.05) is 14.2 Å². The third-order valence-corrected chi connectivity index (χ3v) is 4.56. The molecule has 0 atom stereocenters. The Morgan fingerprint density at radius 1 is 1.24 bits per heavy atom. The van der Waals surface area contributed by atoms with Crippen LogP contribution in [0.5, 0.6) is 0 Å². The molecule has 0 unspecified atom stereocenters. The molecule has 1 N–H and O–H groups in total. The molecule has 0 amide bonds. The highest BCUT2D eigenvalue weighted by molar-refractivity contribution is 9.10. The number of hydrogen-bond acceptors (Lipinski definition) is 4. The second-order valence-electron chi connectivity index (χ2n) is 3.82. The van der Waals surface area contributed by atoms with Crippen LogP contribution in [0.2, 0.25) is 10.2 Å². The number of rotatable bonds is 3. The molecular weight excluding hydrogens is 387 g/mol. The van der Waals surface area contributed by atoms with Gasteiger partial charge in [0.15, 0.2) is 0 Å². The number of halogens is 3. The van der Waals surface area contributed by atoms with Gasteiger partial charge in [0.1, 0.15) is 16.5 Å². The number of H-pyrrole nitrogens is 1. The summed E-state index contributed by atoms with van der Waals surface area (Å²) >= 11 is 15.4. The molecule has 0 radical (unpaired) electrons. The molecule has 2 rings (SSSR count). The predicted molar refractivity (Wildman–Crippen MR) is 80.5 cm³/mol. The molecule has 2 aromatic rings. The zero-order valence-corrected chi connectivity index (χ0v) is 14.0. The van der Waals surface area contributed by atoms with Gasteiger partial charge in [0.2, 0.25) is 0 Å². The number of carbonyl (C=O) groups is 2. The Morgan fingerprint density at radius 2 is 1.86 bits per heavy atom. The van der Waals surface area contributed by atoms with E-state index in [2.05, 4.69) is 25.7 Å². The number of esters is 2. The summed E-state index contributed by atoms with van der Waals surface area (Å²) in [6, 6.07) is 1.56. The van der Waals surface area contributed by atoms with E-state index in [1.165, 1.54) is 25.0 Å². The van der Waals surface area contributed by atoms with Crippen LogP contribution in [0.15, 0.2) is 16.7 Å². The number of aromatic nitrogens is 2. The van der Waals surface area contributed by atoms with Gasteiger partial charge in [-0.25, -0.2) is 9.59 Å². The zero-order chi connectivity index (χ0) is 15.7. The van der Waals surface area contributed by atoms with E-state index in [0.29, 0.717) is 5.69 Å². The summed E-state index contributed by atoms with van der Waals surface area (Å²) in [7, 11) is 2.47. The highest BCUT2D eigenvalue weighted by Gasteiger charge is 2.28. The molecule has 0 aliphatic heterocycles. The van der Waals surface area contributed by atoms with Crippen LogP contribution >= 0.6 is 39.1 Å². The van der Waals surface area contributed by atoms with E-state index in [0.717, 1.165) is 0 Å². The van der Waals surface area contributed by atoms with Gasteiger partial charge < -0.3 is 14.5 Å². The summed E-state index contributed by atoms with van der Waals surface area (Å²) in [5.74, 6) is -1.27. The third kappa shape index (κ3) is 2.56. The summed E-state index contributed by atoms with van der Waals surface area (Å²) < 4.78 is 11.0. The average Bonchev–Trinajstić information content (AvgIpc) is 3.04. The van der Waals surface area contributed by atoms with Gasteiger partial charge in [-0.2, -0.15) is 0 Å². The van der Waals surface area contributed by atoms with Gasteiger partial charge in [-0.1, -0.05) is 23.2 Å². The maximum atomic E-state index is 11.9. The standard InChI is InChI=1S/C12H9BrCl2N2O4/c1-20-11(18)8-5(3-4-16-8)17-9(12(19)21-2)6(13)7(14)10(17)15/h3-4,16H,1-2H3. The van der Waals surface area contributed by atoms with E-state index in [9.17, 15) is 9.59 Å². The highest BCUT2D eigenvalue weighted by atomic mass is 79.9. The minimum Gasteiger partial charge on any atom is -0.464 e. The van der Waals surface area contributed by atoms with E-state index in [1.807, 2.05) is 0 Å². The normalized spacial score (nSPS) is 10.5. The first kappa shape index (κ1) is 15.9. The molecular formula is C12H9BrCl2N2O4. The SMILES string of the molecule is COC(=O)c1[nH]ccc1-n1c(Cl)c(Cl)c(Br)c1C(=O)OC. The number of ether oxygens (including phenoxy) is 2. The van der Waals surface area contributed by atoms with E-state index in [4.69, 9.17) is 27.9 Å². The van der Waals surface area contributed by atoms with Crippen LogP contribution in [0, 0.1) is 0 Å². The molecule has 0 saturated carbocycles. The van der Waals surface area contributed by atoms with Gasteiger partial charge >= 0.3 is 11.9 Å². The molecule has 0 fully saturated rings. The number of nitrogens with one attached hydrogen (secondary N) is 1. The second kappa shape index (κ2) is 6.13. The maximum absolute atomic E-state index is 11.9. The van der Waals surface area contributed by atoms with Gasteiger partial charge in [-0.15, -0.1) is 0 Å². The predicted octanol–water partition coefficient (Wildman–Crippen LogP) is 3.45. The lowest BCUT2D eigenvalue weighted by Gasteiger charge is -2.09. The number of hydrogen-bond donors (Lipinski definition) is 1. The van der Waals surface area contributed by atoms with Crippen LogP contribution < -0.4 is 0 Å². The molecule has 6 nitrogen and oxygen atoms in total. The Morgan fingerprint density at radius 3 is 2.43 bits per heavy atom. The van der Waals surface area contributed by atoms with Crippen molar-refractivity contribution in [2.24, 2.45) is 0 Å². The third-order valence-electron chi connectivity index (χ3n) is 2.74. The van der Waals surface area contributed by atoms with E-state index in [1.54, 1.807) is 6.07 Å². The minimum absolute atomic E-state index is 0.0636. The molecule has 21 heavy (non-hydrogen) atoms. The van der Waals surface area contributed by atoms with Crippen LogP contribution in [0.4, 0.5) is 0 Å². The zero-order valence-electron chi connectivity index (χ0n) is 10.9. The van der Waals surface area contributed by atoms with Crippen molar-refractivity contribution < 1.29 is 19.1 Å². The van der Waals surface area contributed by atoms with Crippen molar-refractivity contribution in [3.8, 4) is 5.69 Å². The Bertz CT molecular complexity index is 723. The van der Waals surface area contributed by atoms with E-state index >= 15 is 0 Å². The largest absolute Gasteiger partial charge is 0.464 e. The first-order chi connectivity index (χ1) is 9.93. The molecule has 0 bridgehead atoms. The average molecular weight is 396 g/mol. The van der Waals surface area contributed by atoms with Crippen LogP contribution in [0.25, 0.3) is 5.69 Å². The molecule has 0 aromatic carbocycles. The lowest BCUT2D eigenvalue weighted by molar-refractivity contribution is 0.0578. The molecule has 0 spiro atoms. The summed E-state index contributed by atoms with van der Waals surface area (Å²) in [5.41, 5.74) is 0.515. The van der Waals surface area contributed by atoms with Gasteiger partial charge in [-0.3, -0.25) is 4.57 Å². The minimum atomic E-state index is -0.660. The van der Waals surface area contributed by atoms with Crippen molar-refractivity contribution in [1.29, 1.82) is 0 Å². The van der Waals surface area contributed by atoms with Crippen molar-refractivity contribution in [2.45, 2.75) is 0 Å². The quantitative estimate of drug-likeness (QED) is 0.807. The lowest BCUT2D eigenvalue weighted by atomic mass is 10.3. The summed E-state index contributed by atoms with van der Waals surface area (Å²) in [6.07, 6.45) is 1.51. The van der Waals surface area contributed by atoms with Crippen LogP contribution in [0.1, 0.15) is 21.0 Å². The van der Waals surface area contributed by atoms with Crippen LogP contribution in [-0.2, 0) is 9.47 Å². The van der Waals surface area contributed by atoms with Gasteiger partial charge in [-0.05, 0) is 22.0 Å². The first-order valence-corrected chi connectivity index (χ1v) is 7.08. The van der Waals surface area contributed by atoms with Gasteiger partial charge in [0.05, 0.1) is 29.4 Å².